The zero-order valence-corrected chi connectivity index (χ0v) is 13.2. The van der Waals surface area contributed by atoms with Crippen LogP contribution in [0.25, 0.3) is 0 Å². The van der Waals surface area contributed by atoms with Crippen LogP contribution in [0.5, 0.6) is 0 Å². The largest absolute Gasteiger partial charge is 0.349 e. The van der Waals surface area contributed by atoms with E-state index in [0.29, 0.717) is 5.56 Å². The number of nitrogens with one attached hydrogen (secondary N) is 3. The first-order valence-corrected chi connectivity index (χ1v) is 9.17. The number of carbonyl (C=O) groups excluding carboxylic acids is 1. The number of carbonyl (C=O) groups is 1. The quantitative estimate of drug-likeness (QED) is 0.741. The minimum absolute atomic E-state index is 0.0530. The average Bonchev–Trinajstić information content (AvgIpc) is 3.32. The normalized spacial score (nSPS) is 19.8. The standard InChI is InChI=1S/C15H21N3O3S/c19-15(17-12-6-8-16-9-7-12)11-2-1-3-14(10-11)22(20,21)18-13-4-5-13/h1-3,10,12-13,16,18H,4-9H2,(H,17,19). The third-order valence-electron chi connectivity index (χ3n) is 3.98. The zero-order valence-electron chi connectivity index (χ0n) is 12.3. The molecule has 0 spiro atoms. The lowest BCUT2D eigenvalue weighted by Gasteiger charge is -2.23. The first-order valence-electron chi connectivity index (χ1n) is 7.68. The molecule has 1 amide bonds. The Hall–Kier alpha value is -1.44. The Kier molecular flexibility index (Phi) is 4.46. The van der Waals surface area contributed by atoms with Gasteiger partial charge >= 0.3 is 0 Å². The van der Waals surface area contributed by atoms with Crippen LogP contribution in [0.1, 0.15) is 36.0 Å². The van der Waals surface area contributed by atoms with Gasteiger partial charge in [0.15, 0.2) is 0 Å². The van der Waals surface area contributed by atoms with E-state index in [-0.39, 0.29) is 22.9 Å². The summed E-state index contributed by atoms with van der Waals surface area (Å²) in [6.45, 7) is 1.79. The van der Waals surface area contributed by atoms with Crippen molar-refractivity contribution in [3.05, 3.63) is 29.8 Å². The number of amides is 1. The molecule has 0 aromatic heterocycles. The van der Waals surface area contributed by atoms with Crippen LogP contribution >= 0.6 is 0 Å². The molecule has 1 aromatic carbocycles. The van der Waals surface area contributed by atoms with Gasteiger partial charge in [0, 0.05) is 17.6 Å². The van der Waals surface area contributed by atoms with E-state index in [1.54, 1.807) is 12.1 Å². The summed E-state index contributed by atoms with van der Waals surface area (Å²) in [7, 11) is -3.53. The first kappa shape index (κ1) is 15.5. The second kappa shape index (κ2) is 6.36. The van der Waals surface area contributed by atoms with Gasteiger partial charge in [-0.25, -0.2) is 13.1 Å². The highest BCUT2D eigenvalue weighted by molar-refractivity contribution is 7.89. The predicted molar refractivity (Wildman–Crippen MR) is 83.1 cm³/mol. The number of benzene rings is 1. The highest BCUT2D eigenvalue weighted by Gasteiger charge is 2.28. The molecule has 2 aliphatic rings. The minimum Gasteiger partial charge on any atom is -0.349 e. The smallest absolute Gasteiger partial charge is 0.251 e. The summed E-state index contributed by atoms with van der Waals surface area (Å²) in [4.78, 5) is 12.4. The summed E-state index contributed by atoms with van der Waals surface area (Å²) in [5.41, 5.74) is 0.386. The molecule has 2 fully saturated rings. The van der Waals surface area contributed by atoms with E-state index in [1.165, 1.54) is 12.1 Å². The Balaban J connectivity index is 1.71. The van der Waals surface area contributed by atoms with Gasteiger partial charge in [0.05, 0.1) is 4.90 Å². The fourth-order valence-corrected chi connectivity index (χ4v) is 3.88. The van der Waals surface area contributed by atoms with Crippen molar-refractivity contribution in [2.45, 2.75) is 42.7 Å². The van der Waals surface area contributed by atoms with E-state index < -0.39 is 10.0 Å². The van der Waals surface area contributed by atoms with Crippen molar-refractivity contribution in [1.29, 1.82) is 0 Å². The summed E-state index contributed by atoms with van der Waals surface area (Å²) in [6.07, 6.45) is 3.56. The van der Waals surface area contributed by atoms with Gasteiger partial charge in [-0.05, 0) is 57.0 Å². The van der Waals surface area contributed by atoms with Gasteiger partial charge in [-0.2, -0.15) is 0 Å². The van der Waals surface area contributed by atoms with Crippen LogP contribution in [0.15, 0.2) is 29.2 Å². The van der Waals surface area contributed by atoms with Crippen LogP contribution in [0, 0.1) is 0 Å². The molecule has 3 rings (SSSR count). The topological polar surface area (TPSA) is 87.3 Å². The molecular weight excluding hydrogens is 302 g/mol. The van der Waals surface area contributed by atoms with Crippen molar-refractivity contribution < 1.29 is 13.2 Å². The number of rotatable bonds is 5. The molecule has 120 valence electrons. The Morgan fingerprint density at radius 1 is 1.09 bits per heavy atom. The fourth-order valence-electron chi connectivity index (χ4n) is 2.53. The first-order chi connectivity index (χ1) is 10.5. The van der Waals surface area contributed by atoms with Crippen LogP contribution in [-0.2, 0) is 10.0 Å². The predicted octanol–water partition coefficient (Wildman–Crippen LogP) is 0.609. The highest BCUT2D eigenvalue weighted by atomic mass is 32.2. The van der Waals surface area contributed by atoms with Crippen LogP contribution < -0.4 is 15.4 Å². The van der Waals surface area contributed by atoms with Crippen molar-refractivity contribution in [3.8, 4) is 0 Å². The van der Waals surface area contributed by atoms with Gasteiger partial charge in [0.1, 0.15) is 0 Å². The third kappa shape index (κ3) is 3.85. The molecule has 6 nitrogen and oxygen atoms in total. The summed E-state index contributed by atoms with van der Waals surface area (Å²) in [6, 6.07) is 6.43. The maximum Gasteiger partial charge on any atom is 0.251 e. The Morgan fingerprint density at radius 3 is 2.50 bits per heavy atom. The number of sulfonamides is 1. The monoisotopic (exact) mass is 323 g/mol. The van der Waals surface area contributed by atoms with Crippen molar-refractivity contribution >= 4 is 15.9 Å². The van der Waals surface area contributed by atoms with Gasteiger partial charge in [0.25, 0.3) is 5.91 Å². The molecule has 1 aliphatic heterocycles. The number of hydrogen-bond acceptors (Lipinski definition) is 4. The lowest BCUT2D eigenvalue weighted by atomic mass is 10.1. The summed E-state index contributed by atoms with van der Waals surface area (Å²) >= 11 is 0. The maximum atomic E-state index is 12.3. The SMILES string of the molecule is O=C(NC1CCNCC1)c1cccc(S(=O)(=O)NC2CC2)c1. The molecule has 0 unspecified atom stereocenters. The van der Waals surface area contributed by atoms with E-state index in [2.05, 4.69) is 15.4 Å². The maximum absolute atomic E-state index is 12.3. The van der Waals surface area contributed by atoms with Crippen molar-refractivity contribution in [3.63, 3.8) is 0 Å². The minimum atomic E-state index is -3.53. The van der Waals surface area contributed by atoms with Gasteiger partial charge in [0.2, 0.25) is 10.0 Å². The molecule has 0 atom stereocenters. The van der Waals surface area contributed by atoms with Gasteiger partial charge < -0.3 is 10.6 Å². The zero-order chi connectivity index (χ0) is 15.6. The molecule has 1 heterocycles. The van der Waals surface area contributed by atoms with Crippen LogP contribution in [0.2, 0.25) is 0 Å². The second-order valence-electron chi connectivity index (χ2n) is 5.92. The summed E-state index contributed by atoms with van der Waals surface area (Å²) in [5.74, 6) is -0.213. The van der Waals surface area contributed by atoms with E-state index >= 15 is 0 Å². The molecule has 0 bridgehead atoms. The van der Waals surface area contributed by atoms with E-state index in [4.69, 9.17) is 0 Å². The lowest BCUT2D eigenvalue weighted by molar-refractivity contribution is 0.0929. The van der Waals surface area contributed by atoms with E-state index in [1.807, 2.05) is 0 Å². The highest BCUT2D eigenvalue weighted by Crippen LogP contribution is 2.22. The van der Waals surface area contributed by atoms with Crippen molar-refractivity contribution in [1.82, 2.24) is 15.4 Å². The average molecular weight is 323 g/mol. The van der Waals surface area contributed by atoms with Gasteiger partial charge in [-0.15, -0.1) is 0 Å². The molecule has 1 aliphatic carbocycles. The van der Waals surface area contributed by atoms with Crippen molar-refractivity contribution in [2.75, 3.05) is 13.1 Å². The molecule has 0 radical (unpaired) electrons. The second-order valence-corrected chi connectivity index (χ2v) is 7.64. The Morgan fingerprint density at radius 2 is 1.82 bits per heavy atom. The fraction of sp³-hybridized carbons (Fsp3) is 0.533. The lowest BCUT2D eigenvalue weighted by Crippen LogP contribution is -2.42. The van der Waals surface area contributed by atoms with E-state index in [0.717, 1.165) is 38.8 Å². The molecule has 1 saturated heterocycles. The van der Waals surface area contributed by atoms with Crippen LogP contribution in [0.4, 0.5) is 0 Å². The van der Waals surface area contributed by atoms with Crippen LogP contribution in [-0.4, -0.2) is 39.5 Å². The van der Waals surface area contributed by atoms with Crippen molar-refractivity contribution in [2.24, 2.45) is 0 Å². The van der Waals surface area contributed by atoms with Gasteiger partial charge in [-0.3, -0.25) is 4.79 Å². The Bertz CT molecular complexity index is 650. The van der Waals surface area contributed by atoms with Crippen LogP contribution in [0.3, 0.4) is 0 Å². The molecule has 22 heavy (non-hydrogen) atoms. The molecule has 1 aromatic rings. The van der Waals surface area contributed by atoms with Gasteiger partial charge in [-0.1, -0.05) is 6.07 Å². The summed E-state index contributed by atoms with van der Waals surface area (Å²) in [5, 5.41) is 6.21. The molecular formula is C15H21N3O3S. The molecule has 3 N–H and O–H groups in total. The third-order valence-corrected chi connectivity index (χ3v) is 5.50. The van der Waals surface area contributed by atoms with E-state index in [9.17, 15) is 13.2 Å². The number of piperidine rings is 1. The Labute approximate surface area is 130 Å². The molecule has 1 saturated carbocycles. The number of hydrogen-bond donors (Lipinski definition) is 3. The molecule has 7 heteroatoms. The summed E-state index contributed by atoms with van der Waals surface area (Å²) < 4.78 is 27.0.